The summed E-state index contributed by atoms with van der Waals surface area (Å²) in [5.41, 5.74) is 0.281. The number of hydrogen-bond donors (Lipinski definition) is 0. The van der Waals surface area contributed by atoms with E-state index in [0.29, 0.717) is 34.5 Å². The third kappa shape index (κ3) is 4.22. The number of halogens is 1. The van der Waals surface area contributed by atoms with E-state index < -0.39 is 23.2 Å². The van der Waals surface area contributed by atoms with Crippen molar-refractivity contribution in [3.63, 3.8) is 0 Å². The van der Waals surface area contributed by atoms with Crippen molar-refractivity contribution in [3.8, 4) is 5.69 Å². The molecule has 10 nitrogen and oxygen atoms in total. The molecule has 0 aliphatic carbocycles. The smallest absolute Gasteiger partial charge is 0.410 e. The first-order valence-corrected chi connectivity index (χ1v) is 13.1. The first kappa shape index (κ1) is 24.7. The van der Waals surface area contributed by atoms with Gasteiger partial charge in [0.25, 0.3) is 11.1 Å². The molecule has 0 atom stereocenters. The van der Waals surface area contributed by atoms with E-state index in [9.17, 15) is 23.6 Å². The minimum Gasteiger partial charge on any atom is -0.450 e. The second-order valence-electron chi connectivity index (χ2n) is 9.05. The number of thiophene rings is 1. The average molecular weight is 548 g/mol. The maximum absolute atomic E-state index is 13.9. The predicted molar refractivity (Wildman–Crippen MR) is 143 cm³/mol. The molecule has 0 fully saturated rings. The molecule has 0 saturated heterocycles. The number of fused-ring (bicyclic) bond motifs is 4. The SMILES string of the molecule is CCOC(=O)N1CCc2c(sc3c2c(=O)n(-c2ccc(F)cc2)c(=O)n3Cc2cc(=O)n3ccccc3n2)C1. The minimum absolute atomic E-state index is 0.0710. The Bertz CT molecular complexity index is 1940. The fourth-order valence-corrected chi connectivity index (χ4v) is 6.23. The Kier molecular flexibility index (Phi) is 6.10. The maximum Gasteiger partial charge on any atom is 0.410 e. The van der Waals surface area contributed by atoms with Crippen molar-refractivity contribution < 1.29 is 13.9 Å². The fourth-order valence-electron chi connectivity index (χ4n) is 4.88. The number of amides is 1. The van der Waals surface area contributed by atoms with Crippen molar-refractivity contribution in [1.29, 1.82) is 0 Å². The molecule has 198 valence electrons. The lowest BCUT2D eigenvalue weighted by atomic mass is 10.1. The molecule has 1 aliphatic heterocycles. The number of ether oxygens (including phenoxy) is 1. The average Bonchev–Trinajstić information content (AvgIpc) is 3.31. The van der Waals surface area contributed by atoms with Gasteiger partial charge in [-0.1, -0.05) is 6.07 Å². The van der Waals surface area contributed by atoms with Gasteiger partial charge < -0.3 is 9.64 Å². The van der Waals surface area contributed by atoms with Gasteiger partial charge in [-0.3, -0.25) is 18.6 Å². The van der Waals surface area contributed by atoms with Gasteiger partial charge >= 0.3 is 11.8 Å². The molecule has 0 radical (unpaired) electrons. The van der Waals surface area contributed by atoms with E-state index in [1.807, 2.05) is 0 Å². The summed E-state index contributed by atoms with van der Waals surface area (Å²) in [6.07, 6.45) is 1.57. The fraction of sp³-hybridized carbons (Fsp3) is 0.222. The van der Waals surface area contributed by atoms with Crippen LogP contribution < -0.4 is 16.8 Å². The first-order chi connectivity index (χ1) is 18.9. The zero-order valence-electron chi connectivity index (χ0n) is 20.8. The van der Waals surface area contributed by atoms with E-state index in [4.69, 9.17) is 4.74 Å². The van der Waals surface area contributed by atoms with E-state index in [1.54, 1.807) is 36.2 Å². The summed E-state index contributed by atoms with van der Waals surface area (Å²) < 4.78 is 22.6. The van der Waals surface area contributed by atoms with Crippen molar-refractivity contribution in [3.05, 3.63) is 108 Å². The Morgan fingerprint density at radius 3 is 2.69 bits per heavy atom. The number of benzene rings is 1. The van der Waals surface area contributed by atoms with Crippen molar-refractivity contribution in [2.24, 2.45) is 0 Å². The number of aromatic nitrogens is 4. The summed E-state index contributed by atoms with van der Waals surface area (Å²) in [4.78, 5) is 60.1. The van der Waals surface area contributed by atoms with Gasteiger partial charge in [-0.05, 0) is 55.3 Å². The highest BCUT2D eigenvalue weighted by Gasteiger charge is 2.29. The Morgan fingerprint density at radius 2 is 1.92 bits per heavy atom. The first-order valence-electron chi connectivity index (χ1n) is 12.3. The summed E-state index contributed by atoms with van der Waals surface area (Å²) in [5, 5.41) is 0.361. The molecule has 5 aromatic rings. The molecule has 4 aromatic heterocycles. The normalized spacial score (nSPS) is 13.1. The molecule has 1 aromatic carbocycles. The zero-order chi connectivity index (χ0) is 27.3. The molecule has 0 unspecified atom stereocenters. The van der Waals surface area contributed by atoms with Gasteiger partial charge in [0, 0.05) is 23.7 Å². The van der Waals surface area contributed by atoms with Gasteiger partial charge in [0.15, 0.2) is 0 Å². The van der Waals surface area contributed by atoms with Gasteiger partial charge in [-0.2, -0.15) is 0 Å². The Balaban J connectivity index is 1.57. The number of carbonyl (C=O) groups is 1. The van der Waals surface area contributed by atoms with E-state index in [-0.39, 0.29) is 30.9 Å². The lowest BCUT2D eigenvalue weighted by Crippen LogP contribution is -2.39. The second-order valence-corrected chi connectivity index (χ2v) is 10.1. The third-order valence-corrected chi connectivity index (χ3v) is 7.92. The van der Waals surface area contributed by atoms with Crippen molar-refractivity contribution >= 4 is 33.3 Å². The molecule has 0 spiro atoms. The molecule has 6 rings (SSSR count). The molecular weight excluding hydrogens is 525 g/mol. The molecular formula is C27H22FN5O5S. The lowest BCUT2D eigenvalue weighted by molar-refractivity contribution is 0.103. The molecule has 1 amide bonds. The topological polar surface area (TPSA) is 108 Å². The molecule has 1 aliphatic rings. The molecule has 0 N–H and O–H groups in total. The van der Waals surface area contributed by atoms with E-state index >= 15 is 0 Å². The predicted octanol–water partition coefficient (Wildman–Crippen LogP) is 2.92. The lowest BCUT2D eigenvalue weighted by Gasteiger charge is -2.25. The number of pyridine rings is 1. The molecule has 5 heterocycles. The van der Waals surface area contributed by atoms with Crippen molar-refractivity contribution in [1.82, 2.24) is 23.4 Å². The van der Waals surface area contributed by atoms with Crippen LogP contribution in [0.5, 0.6) is 0 Å². The van der Waals surface area contributed by atoms with Crippen LogP contribution in [0.4, 0.5) is 9.18 Å². The van der Waals surface area contributed by atoms with Crippen molar-refractivity contribution in [2.75, 3.05) is 13.2 Å². The van der Waals surface area contributed by atoms with Crippen LogP contribution in [0.1, 0.15) is 23.1 Å². The number of nitrogens with zero attached hydrogens (tertiary/aromatic N) is 5. The largest absolute Gasteiger partial charge is 0.450 e. The molecule has 0 saturated carbocycles. The van der Waals surface area contributed by atoms with Gasteiger partial charge in [0.2, 0.25) is 0 Å². The standard InChI is InChI=1S/C27H22FN5O5S/c1-2-38-27(37)30-12-10-19-20(15-30)39-25-23(19)24(35)33(18-8-6-16(28)7-9-18)26(36)32(25)14-17-13-22(34)31-11-4-3-5-21(31)29-17/h3-9,11,13H,2,10,12,14-15H2,1H3. The third-order valence-electron chi connectivity index (χ3n) is 6.68. The van der Waals surface area contributed by atoms with Crippen LogP contribution in [0.3, 0.4) is 0 Å². The van der Waals surface area contributed by atoms with Crippen LogP contribution in [-0.2, 0) is 24.2 Å². The van der Waals surface area contributed by atoms with Crippen LogP contribution >= 0.6 is 11.3 Å². The van der Waals surface area contributed by atoms with Gasteiger partial charge in [0.05, 0.1) is 36.5 Å². The Hall–Kier alpha value is -4.58. The van der Waals surface area contributed by atoms with Crippen molar-refractivity contribution in [2.45, 2.75) is 26.4 Å². The number of carbonyl (C=O) groups excluding carboxylic acids is 1. The number of hydrogen-bond acceptors (Lipinski definition) is 7. The van der Waals surface area contributed by atoms with Crippen LogP contribution in [0.2, 0.25) is 0 Å². The summed E-state index contributed by atoms with van der Waals surface area (Å²) in [6.45, 7) is 2.51. The van der Waals surface area contributed by atoms with E-state index in [1.165, 1.54) is 50.6 Å². The monoisotopic (exact) mass is 547 g/mol. The van der Waals surface area contributed by atoms with Crippen LogP contribution in [0, 0.1) is 5.82 Å². The summed E-state index contributed by atoms with van der Waals surface area (Å²) in [6, 6.07) is 11.6. The van der Waals surface area contributed by atoms with E-state index in [0.717, 1.165) is 15.0 Å². The summed E-state index contributed by atoms with van der Waals surface area (Å²) in [5.74, 6) is -0.499. The quantitative estimate of drug-likeness (QED) is 0.343. The Labute approximate surface area is 223 Å². The Morgan fingerprint density at radius 1 is 1.13 bits per heavy atom. The molecule has 0 bridgehead atoms. The highest BCUT2D eigenvalue weighted by atomic mass is 32.1. The molecule has 39 heavy (non-hydrogen) atoms. The van der Waals surface area contributed by atoms with Crippen LogP contribution in [0.25, 0.3) is 21.6 Å². The number of rotatable bonds is 4. The molecule has 12 heteroatoms. The highest BCUT2D eigenvalue weighted by Crippen LogP contribution is 2.33. The second kappa shape index (κ2) is 9.62. The van der Waals surface area contributed by atoms with Gasteiger partial charge in [-0.25, -0.2) is 23.5 Å². The minimum atomic E-state index is -0.644. The van der Waals surface area contributed by atoms with E-state index in [2.05, 4.69) is 4.98 Å². The summed E-state index contributed by atoms with van der Waals surface area (Å²) >= 11 is 1.26. The zero-order valence-corrected chi connectivity index (χ0v) is 21.6. The van der Waals surface area contributed by atoms with Crippen LogP contribution in [0.15, 0.2) is 69.1 Å². The highest BCUT2D eigenvalue weighted by molar-refractivity contribution is 7.18. The van der Waals surface area contributed by atoms with Gasteiger partial charge in [0.1, 0.15) is 16.3 Å². The summed E-state index contributed by atoms with van der Waals surface area (Å²) in [7, 11) is 0. The van der Waals surface area contributed by atoms with Crippen LogP contribution in [-0.4, -0.2) is 42.7 Å². The van der Waals surface area contributed by atoms with Gasteiger partial charge in [-0.15, -0.1) is 11.3 Å². The maximum atomic E-state index is 13.9.